The number of rotatable bonds is 4. The highest BCUT2D eigenvalue weighted by molar-refractivity contribution is 7.20. The van der Waals surface area contributed by atoms with Crippen molar-refractivity contribution >= 4 is 39.0 Å². The Morgan fingerprint density at radius 2 is 1.97 bits per heavy atom. The Hall–Kier alpha value is -2.74. The molecule has 8 heteroatoms. The molecule has 0 bridgehead atoms. The number of thiophene rings is 1. The lowest BCUT2D eigenvalue weighted by Gasteiger charge is -2.34. The predicted molar refractivity (Wildman–Crippen MR) is 113 cm³/mol. The number of nitrogens with one attached hydrogen (secondary N) is 1. The molecular weight excluding hydrogens is 391 g/mol. The van der Waals surface area contributed by atoms with Crippen molar-refractivity contribution in [3.05, 3.63) is 46.3 Å². The van der Waals surface area contributed by atoms with Gasteiger partial charge in [-0.1, -0.05) is 12.1 Å². The molecule has 0 radical (unpaired) electrons. The maximum absolute atomic E-state index is 13.9. The number of aromatic nitrogens is 2. The number of carbonyl (C=O) groups excluding carboxylic acids is 1. The maximum Gasteiger partial charge on any atom is 0.348 e. The summed E-state index contributed by atoms with van der Waals surface area (Å²) in [4.78, 5) is 24.9. The molecule has 3 aromatic rings. The Bertz CT molecular complexity index is 1060. The molecule has 1 aromatic carbocycles. The van der Waals surface area contributed by atoms with Crippen molar-refractivity contribution in [2.24, 2.45) is 0 Å². The molecule has 6 nitrogen and oxygen atoms in total. The Kier molecular flexibility index (Phi) is 5.36. The number of carbonyl (C=O) groups is 1. The number of aryl methyl sites for hydroxylation is 2. The third kappa shape index (κ3) is 3.76. The molecule has 1 saturated heterocycles. The number of hydrogen-bond acceptors (Lipinski definition) is 7. The van der Waals surface area contributed by atoms with Crippen LogP contribution in [0.4, 0.5) is 15.9 Å². The summed E-state index contributed by atoms with van der Waals surface area (Å²) >= 11 is 1.35. The first-order chi connectivity index (χ1) is 14.0. The number of anilines is 2. The van der Waals surface area contributed by atoms with Crippen LogP contribution in [0.3, 0.4) is 0 Å². The lowest BCUT2D eigenvalue weighted by Crippen LogP contribution is -2.39. The molecule has 0 unspecified atom stereocenters. The fourth-order valence-corrected chi connectivity index (χ4v) is 4.91. The van der Waals surface area contributed by atoms with Crippen molar-refractivity contribution in [2.75, 3.05) is 30.4 Å². The fraction of sp³-hybridized carbons (Fsp3) is 0.381. The van der Waals surface area contributed by atoms with Crippen LogP contribution in [0.25, 0.3) is 10.2 Å². The minimum atomic E-state index is -0.345. The molecule has 1 N–H and O–H groups in total. The van der Waals surface area contributed by atoms with Gasteiger partial charge in [0.2, 0.25) is 0 Å². The molecule has 4 rings (SSSR count). The SMILES string of the molecule is COC(=O)c1sc2nc(C)nc(N3CCC(Nc4ccccc4F)CC3)c2c1C. The van der Waals surface area contributed by atoms with Crippen molar-refractivity contribution in [1.29, 1.82) is 0 Å². The standard InChI is InChI=1S/C21H23FN4O2S/c1-12-17-19(23-13(2)24-20(17)29-18(12)21(27)28-3)26-10-8-14(9-11-26)25-16-7-5-4-6-15(16)22/h4-7,14,25H,8-11H2,1-3H3. The summed E-state index contributed by atoms with van der Waals surface area (Å²) in [6.45, 7) is 5.36. The minimum absolute atomic E-state index is 0.204. The lowest BCUT2D eigenvalue weighted by molar-refractivity contribution is 0.0605. The van der Waals surface area contributed by atoms with Crippen molar-refractivity contribution in [1.82, 2.24) is 9.97 Å². The van der Waals surface area contributed by atoms with Gasteiger partial charge in [0.15, 0.2) is 0 Å². The highest BCUT2D eigenvalue weighted by atomic mass is 32.1. The van der Waals surface area contributed by atoms with Gasteiger partial charge in [-0.15, -0.1) is 11.3 Å². The van der Waals surface area contributed by atoms with Gasteiger partial charge in [-0.05, 0) is 44.4 Å². The zero-order valence-electron chi connectivity index (χ0n) is 16.7. The van der Waals surface area contributed by atoms with Crippen LogP contribution in [-0.4, -0.2) is 42.2 Å². The Labute approximate surface area is 172 Å². The largest absolute Gasteiger partial charge is 0.465 e. The average molecular weight is 415 g/mol. The first kappa shape index (κ1) is 19.6. The zero-order chi connectivity index (χ0) is 20.5. The normalized spacial score (nSPS) is 15.0. The van der Waals surface area contributed by atoms with Gasteiger partial charge >= 0.3 is 5.97 Å². The number of hydrogen-bond donors (Lipinski definition) is 1. The Balaban J connectivity index is 1.57. The van der Waals surface area contributed by atoms with Gasteiger partial charge in [0.25, 0.3) is 0 Å². The van der Waals surface area contributed by atoms with E-state index >= 15 is 0 Å². The van der Waals surface area contributed by atoms with Crippen molar-refractivity contribution in [2.45, 2.75) is 32.7 Å². The second-order valence-corrected chi connectivity index (χ2v) is 8.21. The Morgan fingerprint density at radius 3 is 2.66 bits per heavy atom. The van der Waals surface area contributed by atoms with Gasteiger partial charge in [-0.3, -0.25) is 0 Å². The van der Waals surface area contributed by atoms with Gasteiger partial charge in [-0.25, -0.2) is 19.2 Å². The number of ether oxygens (including phenoxy) is 1. The number of fused-ring (bicyclic) bond motifs is 1. The fourth-order valence-electron chi connectivity index (χ4n) is 3.77. The molecule has 0 atom stereocenters. The lowest BCUT2D eigenvalue weighted by atomic mass is 10.0. The summed E-state index contributed by atoms with van der Waals surface area (Å²) < 4.78 is 18.8. The zero-order valence-corrected chi connectivity index (χ0v) is 17.5. The molecule has 2 aromatic heterocycles. The van der Waals surface area contributed by atoms with Gasteiger partial charge in [0.1, 0.15) is 27.2 Å². The molecule has 1 aliphatic rings. The number of benzene rings is 1. The smallest absolute Gasteiger partial charge is 0.348 e. The molecule has 152 valence electrons. The van der Waals surface area contributed by atoms with Crippen LogP contribution in [0.2, 0.25) is 0 Å². The number of methoxy groups -OCH3 is 1. The summed E-state index contributed by atoms with van der Waals surface area (Å²) in [6, 6.07) is 6.96. The van der Waals surface area contributed by atoms with Gasteiger partial charge in [-0.2, -0.15) is 0 Å². The highest BCUT2D eigenvalue weighted by Crippen LogP contribution is 2.36. The van der Waals surface area contributed by atoms with Crippen LogP contribution < -0.4 is 10.2 Å². The van der Waals surface area contributed by atoms with Crippen LogP contribution in [0.15, 0.2) is 24.3 Å². The van der Waals surface area contributed by atoms with E-state index in [1.54, 1.807) is 12.1 Å². The number of para-hydroxylation sites is 1. The molecule has 29 heavy (non-hydrogen) atoms. The van der Waals surface area contributed by atoms with Gasteiger partial charge < -0.3 is 15.0 Å². The average Bonchev–Trinajstić information content (AvgIpc) is 3.05. The second-order valence-electron chi connectivity index (χ2n) is 7.21. The van der Waals surface area contributed by atoms with Crippen LogP contribution >= 0.6 is 11.3 Å². The van der Waals surface area contributed by atoms with Gasteiger partial charge in [0, 0.05) is 19.1 Å². The van der Waals surface area contributed by atoms with E-state index in [0.29, 0.717) is 16.4 Å². The Morgan fingerprint density at radius 1 is 1.24 bits per heavy atom. The summed E-state index contributed by atoms with van der Waals surface area (Å²) in [5, 5.41) is 4.23. The van der Waals surface area contributed by atoms with Crippen molar-refractivity contribution in [3.8, 4) is 0 Å². The predicted octanol–water partition coefficient (Wildman–Crippen LogP) is 4.31. The molecule has 1 aliphatic heterocycles. The first-order valence-corrected chi connectivity index (χ1v) is 10.4. The van der Waals surface area contributed by atoms with Gasteiger partial charge in [0.05, 0.1) is 18.2 Å². The van der Waals surface area contributed by atoms with Crippen LogP contribution in [-0.2, 0) is 4.74 Å². The third-order valence-corrected chi connectivity index (χ3v) is 6.45. The van der Waals surface area contributed by atoms with E-state index in [9.17, 15) is 9.18 Å². The molecule has 3 heterocycles. The molecule has 0 aliphatic carbocycles. The van der Waals surface area contributed by atoms with E-state index < -0.39 is 0 Å². The van der Waals surface area contributed by atoms with Crippen LogP contribution in [0.1, 0.15) is 33.9 Å². The molecular formula is C21H23FN4O2S. The summed E-state index contributed by atoms with van der Waals surface area (Å²) in [5.74, 6) is 0.965. The molecule has 1 fully saturated rings. The summed E-state index contributed by atoms with van der Waals surface area (Å²) in [5.41, 5.74) is 1.40. The van der Waals surface area contributed by atoms with Crippen molar-refractivity contribution in [3.63, 3.8) is 0 Å². The quantitative estimate of drug-likeness (QED) is 0.642. The van der Waals surface area contributed by atoms with E-state index in [1.165, 1.54) is 24.5 Å². The summed E-state index contributed by atoms with van der Waals surface area (Å²) in [6.07, 6.45) is 1.73. The van der Waals surface area contributed by atoms with E-state index in [-0.39, 0.29) is 17.8 Å². The molecule has 0 saturated carbocycles. The van der Waals surface area contributed by atoms with E-state index in [4.69, 9.17) is 9.72 Å². The number of esters is 1. The summed E-state index contributed by atoms with van der Waals surface area (Å²) in [7, 11) is 1.39. The van der Waals surface area contributed by atoms with E-state index in [0.717, 1.165) is 47.5 Å². The molecule has 0 spiro atoms. The minimum Gasteiger partial charge on any atom is -0.465 e. The highest BCUT2D eigenvalue weighted by Gasteiger charge is 2.26. The number of nitrogens with zero attached hydrogens (tertiary/aromatic N) is 3. The second kappa shape index (κ2) is 7.94. The molecule has 0 amide bonds. The van der Waals surface area contributed by atoms with Crippen molar-refractivity contribution < 1.29 is 13.9 Å². The van der Waals surface area contributed by atoms with E-state index in [2.05, 4.69) is 15.2 Å². The first-order valence-electron chi connectivity index (χ1n) is 9.60. The topological polar surface area (TPSA) is 67.3 Å². The number of halogens is 1. The third-order valence-electron chi connectivity index (χ3n) is 5.28. The monoisotopic (exact) mass is 414 g/mol. The maximum atomic E-state index is 13.9. The van der Waals surface area contributed by atoms with E-state index in [1.807, 2.05) is 19.9 Å². The number of piperidine rings is 1. The van der Waals surface area contributed by atoms with Crippen LogP contribution in [0.5, 0.6) is 0 Å². The van der Waals surface area contributed by atoms with Crippen LogP contribution in [0, 0.1) is 19.7 Å².